The second-order valence-corrected chi connectivity index (χ2v) is 6.95. The Morgan fingerprint density at radius 3 is 2.29 bits per heavy atom. The summed E-state index contributed by atoms with van der Waals surface area (Å²) in [5, 5.41) is 7.20. The van der Waals surface area contributed by atoms with Crippen molar-refractivity contribution in [2.75, 3.05) is 5.32 Å². The van der Waals surface area contributed by atoms with Crippen molar-refractivity contribution in [2.24, 2.45) is 0 Å². The minimum absolute atomic E-state index is 0.0784. The summed E-state index contributed by atoms with van der Waals surface area (Å²) in [5.74, 6) is -0.906. The van der Waals surface area contributed by atoms with E-state index in [1.807, 2.05) is 25.1 Å². The zero-order chi connectivity index (χ0) is 21.8. The van der Waals surface area contributed by atoms with Crippen LogP contribution in [0.15, 0.2) is 79.0 Å². The van der Waals surface area contributed by atoms with Crippen molar-refractivity contribution < 1.29 is 18.3 Å². The van der Waals surface area contributed by atoms with Crippen molar-refractivity contribution in [1.82, 2.24) is 9.78 Å². The van der Waals surface area contributed by atoms with E-state index in [0.29, 0.717) is 11.4 Å². The fourth-order valence-electron chi connectivity index (χ4n) is 2.98. The lowest BCUT2D eigenvalue weighted by atomic mass is 10.2. The van der Waals surface area contributed by atoms with Crippen LogP contribution in [-0.4, -0.2) is 15.7 Å². The first-order valence-electron chi connectivity index (χ1n) is 9.59. The lowest BCUT2D eigenvalue weighted by molar-refractivity contribution is 0.101. The lowest BCUT2D eigenvalue weighted by Gasteiger charge is -2.09. The SMILES string of the molecule is Cc1ccccc1NC(=O)c1nn(-c2ccc(F)cc2)cc1OCc1ccc(F)cc1. The average molecular weight is 419 g/mol. The van der Waals surface area contributed by atoms with Crippen molar-refractivity contribution in [1.29, 1.82) is 0 Å². The zero-order valence-corrected chi connectivity index (χ0v) is 16.7. The summed E-state index contributed by atoms with van der Waals surface area (Å²) < 4.78 is 33.7. The van der Waals surface area contributed by atoms with Gasteiger partial charge in [-0.05, 0) is 60.5 Å². The number of para-hydroxylation sites is 1. The largest absolute Gasteiger partial charge is 0.485 e. The number of aromatic nitrogens is 2. The minimum atomic E-state index is -0.440. The molecule has 0 aliphatic heterocycles. The Labute approximate surface area is 177 Å². The molecule has 5 nitrogen and oxygen atoms in total. The lowest BCUT2D eigenvalue weighted by Crippen LogP contribution is -2.15. The molecule has 0 saturated heterocycles. The van der Waals surface area contributed by atoms with Gasteiger partial charge in [-0.1, -0.05) is 30.3 Å². The summed E-state index contributed by atoms with van der Waals surface area (Å²) in [6.45, 7) is 2.01. The number of hydrogen-bond donors (Lipinski definition) is 1. The molecular formula is C24H19F2N3O2. The molecular weight excluding hydrogens is 400 g/mol. The molecule has 4 rings (SSSR count). The van der Waals surface area contributed by atoms with Crippen LogP contribution in [0.4, 0.5) is 14.5 Å². The summed E-state index contributed by atoms with van der Waals surface area (Å²) >= 11 is 0. The van der Waals surface area contributed by atoms with Crippen molar-refractivity contribution in [3.63, 3.8) is 0 Å². The molecule has 0 radical (unpaired) electrons. The first kappa shape index (κ1) is 20.3. The first-order chi connectivity index (χ1) is 15.0. The Kier molecular flexibility index (Phi) is 5.75. The maximum absolute atomic E-state index is 13.3. The van der Waals surface area contributed by atoms with Gasteiger partial charge in [-0.15, -0.1) is 0 Å². The molecule has 1 N–H and O–H groups in total. The van der Waals surface area contributed by atoms with Gasteiger partial charge in [0.25, 0.3) is 5.91 Å². The minimum Gasteiger partial charge on any atom is -0.485 e. The van der Waals surface area contributed by atoms with Crippen LogP contribution in [-0.2, 0) is 6.61 Å². The second kappa shape index (κ2) is 8.79. The summed E-state index contributed by atoms with van der Waals surface area (Å²) in [7, 11) is 0. The molecule has 31 heavy (non-hydrogen) atoms. The molecule has 0 spiro atoms. The van der Waals surface area contributed by atoms with Gasteiger partial charge in [-0.25, -0.2) is 13.5 Å². The van der Waals surface area contributed by atoms with Crippen LogP contribution in [0.25, 0.3) is 5.69 Å². The number of halogens is 2. The molecule has 1 amide bonds. The van der Waals surface area contributed by atoms with E-state index in [-0.39, 0.29) is 29.7 Å². The first-order valence-corrected chi connectivity index (χ1v) is 9.59. The van der Waals surface area contributed by atoms with Crippen LogP contribution in [0.3, 0.4) is 0 Å². The quantitative estimate of drug-likeness (QED) is 0.462. The number of hydrogen-bond acceptors (Lipinski definition) is 3. The van der Waals surface area contributed by atoms with Crippen LogP contribution in [0.5, 0.6) is 5.75 Å². The number of ether oxygens (including phenoxy) is 1. The normalized spacial score (nSPS) is 10.7. The predicted octanol–water partition coefficient (Wildman–Crippen LogP) is 5.29. The summed E-state index contributed by atoms with van der Waals surface area (Å²) in [6, 6.07) is 19.0. The Morgan fingerprint density at radius 2 is 1.61 bits per heavy atom. The number of nitrogens with zero attached hydrogens (tertiary/aromatic N) is 2. The molecule has 1 heterocycles. The highest BCUT2D eigenvalue weighted by Crippen LogP contribution is 2.23. The van der Waals surface area contributed by atoms with E-state index in [9.17, 15) is 13.6 Å². The number of amides is 1. The van der Waals surface area contributed by atoms with Gasteiger partial charge in [0.2, 0.25) is 0 Å². The van der Waals surface area contributed by atoms with E-state index in [1.165, 1.54) is 28.9 Å². The molecule has 0 atom stereocenters. The Hall–Kier alpha value is -4.00. The van der Waals surface area contributed by atoms with Gasteiger partial charge >= 0.3 is 0 Å². The molecule has 1 aromatic heterocycles. The number of aryl methyl sites for hydroxylation is 1. The average Bonchev–Trinajstić information content (AvgIpc) is 3.20. The van der Waals surface area contributed by atoms with Crippen molar-refractivity contribution in [3.05, 3.63) is 107 Å². The molecule has 0 aliphatic rings. The number of anilines is 1. The molecule has 4 aromatic rings. The van der Waals surface area contributed by atoms with Gasteiger partial charge < -0.3 is 10.1 Å². The number of nitrogens with one attached hydrogen (secondary N) is 1. The van der Waals surface area contributed by atoms with E-state index in [4.69, 9.17) is 4.74 Å². The van der Waals surface area contributed by atoms with Crippen molar-refractivity contribution in [2.45, 2.75) is 13.5 Å². The fourth-order valence-corrected chi connectivity index (χ4v) is 2.98. The highest BCUT2D eigenvalue weighted by Gasteiger charge is 2.20. The number of carbonyl (C=O) groups excluding carboxylic acids is 1. The topological polar surface area (TPSA) is 56.2 Å². The maximum atomic E-state index is 13.3. The Morgan fingerprint density at radius 1 is 0.968 bits per heavy atom. The van der Waals surface area contributed by atoms with Gasteiger partial charge in [0, 0.05) is 5.69 Å². The summed E-state index contributed by atoms with van der Waals surface area (Å²) in [4.78, 5) is 13.0. The molecule has 0 unspecified atom stereocenters. The third-order valence-electron chi connectivity index (χ3n) is 4.69. The standard InChI is InChI=1S/C24H19F2N3O2/c1-16-4-2-3-5-21(16)27-24(30)23-22(31-15-17-6-8-18(25)9-7-17)14-29(28-23)20-12-10-19(26)11-13-20/h2-14H,15H2,1H3,(H,27,30). The monoisotopic (exact) mass is 419 g/mol. The van der Waals surface area contributed by atoms with Crippen molar-refractivity contribution in [3.8, 4) is 11.4 Å². The predicted molar refractivity (Wildman–Crippen MR) is 113 cm³/mol. The van der Waals surface area contributed by atoms with E-state index in [0.717, 1.165) is 11.1 Å². The fraction of sp³-hybridized carbons (Fsp3) is 0.0833. The summed E-state index contributed by atoms with van der Waals surface area (Å²) in [5.41, 5.74) is 2.95. The van der Waals surface area contributed by atoms with Gasteiger partial charge in [-0.3, -0.25) is 4.79 Å². The van der Waals surface area contributed by atoms with E-state index < -0.39 is 5.91 Å². The highest BCUT2D eigenvalue weighted by atomic mass is 19.1. The maximum Gasteiger partial charge on any atom is 0.280 e. The van der Waals surface area contributed by atoms with Gasteiger partial charge in [0.1, 0.15) is 18.2 Å². The van der Waals surface area contributed by atoms with Crippen LogP contribution < -0.4 is 10.1 Å². The van der Waals surface area contributed by atoms with E-state index in [1.54, 1.807) is 36.5 Å². The smallest absolute Gasteiger partial charge is 0.280 e. The Balaban J connectivity index is 1.63. The van der Waals surface area contributed by atoms with Crippen LogP contribution in [0, 0.1) is 18.6 Å². The zero-order valence-electron chi connectivity index (χ0n) is 16.7. The van der Waals surface area contributed by atoms with E-state index >= 15 is 0 Å². The van der Waals surface area contributed by atoms with Crippen LogP contribution in [0.2, 0.25) is 0 Å². The van der Waals surface area contributed by atoms with Gasteiger partial charge in [0.15, 0.2) is 11.4 Å². The van der Waals surface area contributed by atoms with Gasteiger partial charge in [-0.2, -0.15) is 5.10 Å². The molecule has 0 fully saturated rings. The van der Waals surface area contributed by atoms with Crippen LogP contribution in [0.1, 0.15) is 21.6 Å². The molecule has 0 saturated carbocycles. The van der Waals surface area contributed by atoms with Crippen molar-refractivity contribution >= 4 is 11.6 Å². The molecule has 0 bridgehead atoms. The third-order valence-corrected chi connectivity index (χ3v) is 4.69. The molecule has 0 aliphatic carbocycles. The van der Waals surface area contributed by atoms with E-state index in [2.05, 4.69) is 10.4 Å². The number of benzene rings is 3. The Bertz CT molecular complexity index is 1200. The summed E-state index contributed by atoms with van der Waals surface area (Å²) in [6.07, 6.45) is 1.56. The van der Waals surface area contributed by atoms with Crippen LogP contribution >= 0.6 is 0 Å². The molecule has 7 heteroatoms. The second-order valence-electron chi connectivity index (χ2n) is 6.95. The van der Waals surface area contributed by atoms with Gasteiger partial charge in [0.05, 0.1) is 11.9 Å². The number of rotatable bonds is 6. The third kappa shape index (κ3) is 4.78. The molecule has 3 aromatic carbocycles. The number of carbonyl (C=O) groups is 1. The highest BCUT2D eigenvalue weighted by molar-refractivity contribution is 6.05. The molecule has 156 valence electrons.